The largest absolute Gasteiger partial charge is 0.383 e. The molecular weight excluding hydrogens is 366 g/mol. The van der Waals surface area contributed by atoms with Crippen molar-refractivity contribution in [3.8, 4) is 0 Å². The average molecular weight is 389 g/mol. The molecule has 0 aliphatic heterocycles. The van der Waals surface area contributed by atoms with Crippen LogP contribution in [-0.4, -0.2) is 45.3 Å². The molecule has 1 amide bonds. The van der Waals surface area contributed by atoms with E-state index in [-0.39, 0.29) is 18.1 Å². The Balaban J connectivity index is 1.79. The van der Waals surface area contributed by atoms with Gasteiger partial charge in [-0.3, -0.25) is 4.79 Å². The summed E-state index contributed by atoms with van der Waals surface area (Å²) < 4.78 is 7.67. The molecule has 0 spiro atoms. The molecule has 27 heavy (non-hydrogen) atoms. The van der Waals surface area contributed by atoms with Gasteiger partial charge in [-0.2, -0.15) is 0 Å². The smallest absolute Gasteiger partial charge is 0.352 e. The van der Waals surface area contributed by atoms with E-state index in [1.165, 1.54) is 19.5 Å². The first-order valence-corrected chi connectivity index (χ1v) is 9.97. The predicted molar refractivity (Wildman–Crippen MR) is 103 cm³/mol. The monoisotopic (exact) mass is 389 g/mol. The third-order valence-corrected chi connectivity index (χ3v) is 6.21. The van der Waals surface area contributed by atoms with Crippen LogP contribution >= 0.6 is 11.3 Å². The van der Waals surface area contributed by atoms with Gasteiger partial charge in [-0.1, -0.05) is 6.92 Å². The summed E-state index contributed by atoms with van der Waals surface area (Å²) in [7, 11) is 1.57. The Kier molecular flexibility index (Phi) is 4.73. The molecule has 0 fully saturated rings. The Bertz CT molecular complexity index is 1080. The highest BCUT2D eigenvalue weighted by Crippen LogP contribution is 2.38. The van der Waals surface area contributed by atoms with E-state index in [4.69, 9.17) is 4.74 Å². The van der Waals surface area contributed by atoms with Crippen LogP contribution in [0.5, 0.6) is 0 Å². The minimum atomic E-state index is -0.331. The third-order valence-electron chi connectivity index (χ3n) is 5.06. The number of hydrogen-bond acceptors (Lipinski definition) is 6. The fraction of sp³-hybridized carbons (Fsp3) is 0.556. The average Bonchev–Trinajstić information content (AvgIpc) is 3.12. The number of nitrogens with one attached hydrogen (secondary N) is 1. The molecule has 144 valence electrons. The van der Waals surface area contributed by atoms with Crippen molar-refractivity contribution in [2.45, 2.75) is 39.7 Å². The van der Waals surface area contributed by atoms with Crippen LogP contribution in [0.2, 0.25) is 0 Å². The molecule has 9 heteroatoms. The van der Waals surface area contributed by atoms with Crippen LogP contribution in [0.15, 0.2) is 4.79 Å². The zero-order chi connectivity index (χ0) is 19.1. The lowest BCUT2D eigenvalue weighted by Crippen LogP contribution is -2.34. The number of methoxy groups -OCH3 is 1. The van der Waals surface area contributed by atoms with Crippen LogP contribution in [0.25, 0.3) is 15.9 Å². The van der Waals surface area contributed by atoms with E-state index in [9.17, 15) is 9.59 Å². The molecule has 3 heterocycles. The second-order valence-electron chi connectivity index (χ2n) is 7.13. The van der Waals surface area contributed by atoms with E-state index in [2.05, 4.69) is 22.3 Å². The summed E-state index contributed by atoms with van der Waals surface area (Å²) in [5, 5.41) is 8.20. The van der Waals surface area contributed by atoms with Gasteiger partial charge >= 0.3 is 5.69 Å². The van der Waals surface area contributed by atoms with Crippen LogP contribution in [-0.2, 0) is 28.9 Å². The topological polar surface area (TPSA) is 90.5 Å². The summed E-state index contributed by atoms with van der Waals surface area (Å²) in [6, 6.07) is 0. The number of ether oxygens (including phenoxy) is 1. The van der Waals surface area contributed by atoms with Crippen LogP contribution in [0.1, 0.15) is 29.6 Å². The van der Waals surface area contributed by atoms with Crippen LogP contribution < -0.4 is 11.0 Å². The number of hydrogen-bond donors (Lipinski definition) is 1. The number of aromatic nitrogens is 4. The van der Waals surface area contributed by atoms with E-state index in [1.807, 2.05) is 0 Å². The molecule has 0 aromatic carbocycles. The fourth-order valence-corrected chi connectivity index (χ4v) is 5.11. The van der Waals surface area contributed by atoms with Crippen molar-refractivity contribution in [1.29, 1.82) is 0 Å². The minimum absolute atomic E-state index is 0.117. The van der Waals surface area contributed by atoms with Gasteiger partial charge in [0.15, 0.2) is 5.65 Å². The van der Waals surface area contributed by atoms with E-state index in [0.717, 1.165) is 29.5 Å². The summed E-state index contributed by atoms with van der Waals surface area (Å²) in [5.41, 5.74) is 1.55. The standard InChI is InChI=1S/C18H23N5O3S/c1-10-4-5-12-13(8-10)27-17-15(12)16-21-22(9-14(24)19-6-7-26-3)18(25)23(16)11(2)20-17/h10H,4-9H2,1-3H3,(H,19,24)/t10-/m0/s1. The number of rotatable bonds is 5. The highest BCUT2D eigenvalue weighted by atomic mass is 32.1. The number of carbonyl (C=O) groups is 1. The Hall–Kier alpha value is -2.26. The van der Waals surface area contributed by atoms with Gasteiger partial charge in [0.2, 0.25) is 5.91 Å². The molecule has 3 aromatic rings. The summed E-state index contributed by atoms with van der Waals surface area (Å²) in [4.78, 5) is 31.9. The highest BCUT2D eigenvalue weighted by Gasteiger charge is 2.25. The molecule has 1 N–H and O–H groups in total. The quantitative estimate of drug-likeness (QED) is 0.665. The van der Waals surface area contributed by atoms with Crippen molar-refractivity contribution < 1.29 is 9.53 Å². The molecule has 4 rings (SSSR count). The second-order valence-corrected chi connectivity index (χ2v) is 8.22. The van der Waals surface area contributed by atoms with E-state index >= 15 is 0 Å². The molecule has 0 unspecified atom stereocenters. The van der Waals surface area contributed by atoms with Crippen molar-refractivity contribution in [3.05, 3.63) is 26.7 Å². The minimum Gasteiger partial charge on any atom is -0.383 e. The van der Waals surface area contributed by atoms with Crippen molar-refractivity contribution >= 4 is 33.1 Å². The maximum Gasteiger partial charge on any atom is 0.352 e. The Morgan fingerprint density at radius 1 is 1.44 bits per heavy atom. The van der Waals surface area contributed by atoms with Crippen molar-refractivity contribution in [2.75, 3.05) is 20.3 Å². The zero-order valence-electron chi connectivity index (χ0n) is 15.7. The number of aryl methyl sites for hydroxylation is 2. The summed E-state index contributed by atoms with van der Waals surface area (Å²) in [6.07, 6.45) is 3.16. The van der Waals surface area contributed by atoms with Crippen molar-refractivity contribution in [1.82, 2.24) is 24.5 Å². The van der Waals surface area contributed by atoms with Gasteiger partial charge in [-0.15, -0.1) is 16.4 Å². The first-order chi connectivity index (χ1) is 13.0. The van der Waals surface area contributed by atoms with Crippen molar-refractivity contribution in [2.24, 2.45) is 5.92 Å². The maximum atomic E-state index is 12.8. The third kappa shape index (κ3) is 3.14. The first kappa shape index (κ1) is 18.1. The summed E-state index contributed by atoms with van der Waals surface area (Å²) in [5.74, 6) is 0.999. The zero-order valence-corrected chi connectivity index (χ0v) is 16.6. The summed E-state index contributed by atoms with van der Waals surface area (Å²) in [6.45, 7) is 4.78. The molecule has 8 nitrogen and oxygen atoms in total. The van der Waals surface area contributed by atoms with Gasteiger partial charge in [0.1, 0.15) is 17.2 Å². The first-order valence-electron chi connectivity index (χ1n) is 9.15. The van der Waals surface area contributed by atoms with Gasteiger partial charge in [0, 0.05) is 18.5 Å². The lowest BCUT2D eigenvalue weighted by Gasteiger charge is -2.17. The summed E-state index contributed by atoms with van der Waals surface area (Å²) >= 11 is 1.71. The van der Waals surface area contributed by atoms with E-state index in [0.29, 0.717) is 30.5 Å². The highest BCUT2D eigenvalue weighted by molar-refractivity contribution is 7.19. The number of thiophene rings is 1. The van der Waals surface area contributed by atoms with Crippen LogP contribution in [0.4, 0.5) is 0 Å². The second kappa shape index (κ2) is 7.05. The number of carbonyl (C=O) groups excluding carboxylic acids is 1. The molecule has 0 bridgehead atoms. The molecule has 0 saturated carbocycles. The number of nitrogens with zero attached hydrogens (tertiary/aromatic N) is 4. The predicted octanol–water partition coefficient (Wildman–Crippen LogP) is 1.30. The van der Waals surface area contributed by atoms with Gasteiger partial charge in [0.25, 0.3) is 0 Å². The molecule has 1 atom stereocenters. The number of fused-ring (bicyclic) bond motifs is 5. The molecule has 1 aliphatic carbocycles. The normalized spacial score (nSPS) is 16.8. The lowest BCUT2D eigenvalue weighted by atomic mass is 9.89. The van der Waals surface area contributed by atoms with Gasteiger partial charge in [0.05, 0.1) is 12.0 Å². The lowest BCUT2D eigenvalue weighted by molar-refractivity contribution is -0.122. The van der Waals surface area contributed by atoms with E-state index < -0.39 is 0 Å². The van der Waals surface area contributed by atoms with Gasteiger partial charge in [-0.25, -0.2) is 18.9 Å². The van der Waals surface area contributed by atoms with Crippen LogP contribution in [0.3, 0.4) is 0 Å². The Morgan fingerprint density at radius 3 is 3.04 bits per heavy atom. The molecule has 0 radical (unpaired) electrons. The van der Waals surface area contributed by atoms with Crippen LogP contribution in [0, 0.1) is 12.8 Å². The van der Waals surface area contributed by atoms with E-state index in [1.54, 1.807) is 25.4 Å². The molecular formula is C18H23N5O3S. The Morgan fingerprint density at radius 2 is 2.26 bits per heavy atom. The fourth-order valence-electron chi connectivity index (χ4n) is 3.69. The molecule has 0 saturated heterocycles. The Labute approximate surface area is 160 Å². The van der Waals surface area contributed by atoms with Gasteiger partial charge in [-0.05, 0) is 37.7 Å². The van der Waals surface area contributed by atoms with Gasteiger partial charge < -0.3 is 10.1 Å². The molecule has 3 aromatic heterocycles. The maximum absolute atomic E-state index is 12.8. The van der Waals surface area contributed by atoms with Crippen molar-refractivity contribution in [3.63, 3.8) is 0 Å². The SMILES string of the molecule is COCCNC(=O)Cn1nc2c3c4c(sc3nc(C)n2c1=O)C[C@@H](C)CC4. The number of amides is 1. The molecule has 1 aliphatic rings.